The average Bonchev–Trinajstić information content (AvgIpc) is 3.50. The maximum atomic E-state index is 13.1. The average molecular weight is 537 g/mol. The number of oxazole rings is 1. The molecule has 0 radical (unpaired) electrons. The molecule has 5 rings (SSSR count). The fourth-order valence-electron chi connectivity index (χ4n) is 5.10. The van der Waals surface area contributed by atoms with Crippen molar-refractivity contribution in [1.29, 1.82) is 0 Å². The van der Waals surface area contributed by atoms with Gasteiger partial charge in [-0.15, -0.1) is 0 Å². The van der Waals surface area contributed by atoms with Gasteiger partial charge in [0.15, 0.2) is 5.69 Å². The number of nitrogens with zero attached hydrogens (tertiary/aromatic N) is 3. The van der Waals surface area contributed by atoms with Gasteiger partial charge in [0.2, 0.25) is 5.89 Å². The van der Waals surface area contributed by atoms with Gasteiger partial charge in [-0.2, -0.15) is 5.10 Å². The molecule has 0 spiro atoms. The summed E-state index contributed by atoms with van der Waals surface area (Å²) in [5.41, 5.74) is 2.38. The number of anilines is 1. The molecule has 1 aliphatic rings. The lowest BCUT2D eigenvalue weighted by molar-refractivity contribution is 0.0793. The van der Waals surface area contributed by atoms with Crippen molar-refractivity contribution >= 4 is 32.3 Å². The number of amides is 1. The largest absolute Gasteiger partial charge is 0.444 e. The fraction of sp³-hybridized carbons (Fsp3) is 0.393. The van der Waals surface area contributed by atoms with Crippen molar-refractivity contribution in [1.82, 2.24) is 14.8 Å². The highest BCUT2D eigenvalue weighted by atomic mass is 32.2. The Hall–Kier alpha value is -3.50. The van der Waals surface area contributed by atoms with Gasteiger partial charge in [0.25, 0.3) is 5.91 Å². The molecule has 0 bridgehead atoms. The van der Waals surface area contributed by atoms with Gasteiger partial charge < -0.3 is 14.8 Å². The predicted molar refractivity (Wildman–Crippen MR) is 146 cm³/mol. The van der Waals surface area contributed by atoms with Crippen molar-refractivity contribution < 1.29 is 22.7 Å². The first-order valence-electron chi connectivity index (χ1n) is 12.7. The van der Waals surface area contributed by atoms with E-state index in [-0.39, 0.29) is 17.0 Å². The first-order valence-corrected chi connectivity index (χ1v) is 14.6. The van der Waals surface area contributed by atoms with E-state index < -0.39 is 21.3 Å². The molecule has 1 saturated carbocycles. The van der Waals surface area contributed by atoms with E-state index in [0.29, 0.717) is 35.5 Å². The number of hydrogen-bond donors (Lipinski definition) is 2. The summed E-state index contributed by atoms with van der Waals surface area (Å²) in [5, 5.41) is 19.0. The number of aliphatic hydroxyl groups is 1. The van der Waals surface area contributed by atoms with Crippen molar-refractivity contribution in [3.63, 3.8) is 0 Å². The van der Waals surface area contributed by atoms with E-state index in [1.807, 2.05) is 42.1 Å². The normalized spacial score (nSPS) is 18.6. The van der Waals surface area contributed by atoms with Crippen molar-refractivity contribution in [2.24, 2.45) is 0 Å². The Kier molecular flexibility index (Phi) is 6.65. The molecule has 0 unspecified atom stereocenters. The zero-order valence-electron chi connectivity index (χ0n) is 21.9. The smallest absolute Gasteiger partial charge is 0.277 e. The summed E-state index contributed by atoms with van der Waals surface area (Å²) >= 11 is 0. The molecule has 2 N–H and O–H groups in total. The Morgan fingerprint density at radius 1 is 1.16 bits per heavy atom. The second-order valence-corrected chi connectivity index (χ2v) is 13.1. The summed E-state index contributed by atoms with van der Waals surface area (Å²) < 4.78 is 31.3. The van der Waals surface area contributed by atoms with E-state index >= 15 is 0 Å². The maximum Gasteiger partial charge on any atom is 0.277 e. The highest BCUT2D eigenvalue weighted by Crippen LogP contribution is 2.35. The molecular weight excluding hydrogens is 504 g/mol. The van der Waals surface area contributed by atoms with E-state index in [1.165, 1.54) is 12.5 Å². The van der Waals surface area contributed by atoms with E-state index in [1.54, 1.807) is 26.0 Å². The van der Waals surface area contributed by atoms with Crippen LogP contribution in [0.3, 0.4) is 0 Å². The molecule has 0 aliphatic heterocycles. The number of fused-ring (bicyclic) bond motifs is 1. The predicted octanol–water partition coefficient (Wildman–Crippen LogP) is 5.01. The molecule has 10 heteroatoms. The molecule has 200 valence electrons. The van der Waals surface area contributed by atoms with E-state index in [4.69, 9.17) is 9.52 Å². The number of rotatable bonds is 6. The van der Waals surface area contributed by atoms with Gasteiger partial charge in [0.05, 0.1) is 22.4 Å². The first kappa shape index (κ1) is 26.1. The lowest BCUT2D eigenvalue weighted by Crippen LogP contribution is -2.27. The third-order valence-electron chi connectivity index (χ3n) is 7.19. The summed E-state index contributed by atoms with van der Waals surface area (Å²) in [6, 6.07) is 11.3. The van der Waals surface area contributed by atoms with E-state index in [2.05, 4.69) is 10.3 Å². The molecule has 0 atom stereocenters. The number of hydrogen-bond acceptors (Lipinski definition) is 7. The molecule has 38 heavy (non-hydrogen) atoms. The summed E-state index contributed by atoms with van der Waals surface area (Å²) in [4.78, 5) is 17.5. The topological polar surface area (TPSA) is 127 Å². The van der Waals surface area contributed by atoms with Crippen LogP contribution in [0.25, 0.3) is 22.4 Å². The molecule has 2 heterocycles. The highest BCUT2D eigenvalue weighted by molar-refractivity contribution is 7.91. The van der Waals surface area contributed by atoms with Gasteiger partial charge in [0.1, 0.15) is 16.1 Å². The molecule has 1 aliphatic carbocycles. The number of benzene rings is 2. The van der Waals surface area contributed by atoms with Gasteiger partial charge in [-0.05, 0) is 70.7 Å². The zero-order chi connectivity index (χ0) is 27.2. The van der Waals surface area contributed by atoms with Gasteiger partial charge in [-0.1, -0.05) is 17.7 Å². The van der Waals surface area contributed by atoms with Crippen LogP contribution >= 0.6 is 0 Å². The Morgan fingerprint density at radius 2 is 1.89 bits per heavy atom. The van der Waals surface area contributed by atoms with Gasteiger partial charge in [-0.25, -0.2) is 13.4 Å². The summed E-state index contributed by atoms with van der Waals surface area (Å²) in [5.74, 6) is -0.104. The third kappa shape index (κ3) is 5.37. The van der Waals surface area contributed by atoms with Crippen molar-refractivity contribution in [3.8, 4) is 11.5 Å². The van der Waals surface area contributed by atoms with Crippen LogP contribution in [0.4, 0.5) is 5.69 Å². The minimum absolute atomic E-state index is 0.0965. The summed E-state index contributed by atoms with van der Waals surface area (Å²) in [6.45, 7) is 5.27. The van der Waals surface area contributed by atoms with Crippen LogP contribution in [0.1, 0.15) is 67.2 Å². The van der Waals surface area contributed by atoms with Crippen LogP contribution in [-0.4, -0.2) is 45.7 Å². The summed E-state index contributed by atoms with van der Waals surface area (Å²) in [6.07, 6.45) is 7.20. The number of sulfone groups is 1. The molecule has 1 amide bonds. The minimum atomic E-state index is -3.04. The molecule has 2 aromatic carbocycles. The molecule has 9 nitrogen and oxygen atoms in total. The molecule has 0 saturated heterocycles. The fourth-order valence-corrected chi connectivity index (χ4v) is 6.23. The Bertz CT molecular complexity index is 1610. The molecular formula is C28H32N4O5S. The first-order chi connectivity index (χ1) is 17.9. The van der Waals surface area contributed by atoms with Crippen molar-refractivity contribution in [3.05, 3.63) is 65.7 Å². The van der Waals surface area contributed by atoms with Gasteiger partial charge >= 0.3 is 0 Å². The van der Waals surface area contributed by atoms with Gasteiger partial charge in [0, 0.05) is 34.7 Å². The molecule has 2 aromatic heterocycles. The standard InChI is InChI=1S/C28H32N4O5S/c1-17-6-5-7-18(12-17)27-30-25(16-37-27)26(33)29-24-13-19-15-32(31-23(19)14-22(24)28(2,3)34)20-8-10-21(11-9-20)38(4,35)36/h5-7,12-16,20-21,34H,8-11H2,1-4H3,(H,29,33). The van der Waals surface area contributed by atoms with Crippen LogP contribution < -0.4 is 5.32 Å². The van der Waals surface area contributed by atoms with Crippen LogP contribution in [0.5, 0.6) is 0 Å². The summed E-state index contributed by atoms with van der Waals surface area (Å²) in [7, 11) is -3.04. The minimum Gasteiger partial charge on any atom is -0.444 e. The number of aryl methyl sites for hydroxylation is 1. The SMILES string of the molecule is Cc1cccc(-c2nc(C(=O)Nc3cc4cn(C5CCC(S(C)(=O)=O)CC5)nc4cc3C(C)(C)O)co2)c1. The quantitative estimate of drug-likeness (QED) is 0.355. The second-order valence-electron chi connectivity index (χ2n) is 10.7. The van der Waals surface area contributed by atoms with Crippen molar-refractivity contribution in [2.45, 2.75) is 63.3 Å². The highest BCUT2D eigenvalue weighted by Gasteiger charge is 2.30. The third-order valence-corrected chi connectivity index (χ3v) is 8.88. The Morgan fingerprint density at radius 3 is 2.55 bits per heavy atom. The monoisotopic (exact) mass is 536 g/mol. The lowest BCUT2D eigenvalue weighted by atomic mass is 9.95. The van der Waals surface area contributed by atoms with Crippen LogP contribution in [0.15, 0.2) is 53.3 Å². The Labute approximate surface area is 221 Å². The van der Waals surface area contributed by atoms with Crippen LogP contribution in [-0.2, 0) is 15.4 Å². The Balaban J connectivity index is 1.41. The zero-order valence-corrected chi connectivity index (χ0v) is 22.7. The van der Waals surface area contributed by atoms with Crippen LogP contribution in [0.2, 0.25) is 0 Å². The number of carbonyl (C=O) groups excluding carboxylic acids is 1. The van der Waals surface area contributed by atoms with Gasteiger partial charge in [-0.3, -0.25) is 9.48 Å². The van der Waals surface area contributed by atoms with E-state index in [0.717, 1.165) is 29.4 Å². The van der Waals surface area contributed by atoms with Crippen molar-refractivity contribution in [2.75, 3.05) is 11.6 Å². The number of aromatic nitrogens is 3. The van der Waals surface area contributed by atoms with E-state index in [9.17, 15) is 18.3 Å². The second kappa shape index (κ2) is 9.67. The maximum absolute atomic E-state index is 13.1. The molecule has 1 fully saturated rings. The number of nitrogens with one attached hydrogen (secondary N) is 1. The van der Waals surface area contributed by atoms with Crippen LogP contribution in [0, 0.1) is 6.92 Å². The lowest BCUT2D eigenvalue weighted by Gasteiger charge is -2.27. The number of carbonyl (C=O) groups is 1. The molecule has 4 aromatic rings.